The molecule has 3 rings (SSSR count). The van der Waals surface area contributed by atoms with Crippen molar-refractivity contribution in [2.24, 2.45) is 0 Å². The topological polar surface area (TPSA) is 15.3 Å². The molecule has 2 aromatic rings. The molecule has 110 valence electrons. The predicted octanol–water partition coefficient (Wildman–Crippen LogP) is 4.01. The molecule has 2 nitrogen and oxygen atoms in total. The Kier molecular flexibility index (Phi) is 4.56. The Hall–Kier alpha value is -1.80. The number of nitrogens with zero attached hydrogens (tertiary/aromatic N) is 1. The number of hydrogen-bond donors (Lipinski definition) is 1. The molecular weight excluding hydrogens is 256 g/mol. The molecule has 0 aromatic heterocycles. The lowest BCUT2D eigenvalue weighted by molar-refractivity contribution is 0.379. The van der Waals surface area contributed by atoms with Gasteiger partial charge in [-0.3, -0.25) is 0 Å². The highest BCUT2D eigenvalue weighted by molar-refractivity contribution is 5.50. The van der Waals surface area contributed by atoms with E-state index in [1.165, 1.54) is 24.1 Å². The monoisotopic (exact) mass is 280 g/mol. The number of para-hydroxylation sites is 1. The van der Waals surface area contributed by atoms with E-state index < -0.39 is 0 Å². The highest BCUT2D eigenvalue weighted by Gasteiger charge is 2.28. The Morgan fingerprint density at radius 3 is 2.33 bits per heavy atom. The van der Waals surface area contributed by atoms with Gasteiger partial charge in [-0.05, 0) is 24.1 Å². The fraction of sp³-hybridized carbons (Fsp3) is 0.368. The van der Waals surface area contributed by atoms with E-state index in [0.29, 0.717) is 12.1 Å². The molecular formula is C19H24N2. The van der Waals surface area contributed by atoms with Crippen LogP contribution in [-0.2, 0) is 0 Å². The minimum Gasteiger partial charge on any atom is -0.362 e. The van der Waals surface area contributed by atoms with Crippen LogP contribution >= 0.6 is 0 Å². The van der Waals surface area contributed by atoms with Crippen molar-refractivity contribution in [1.29, 1.82) is 0 Å². The predicted molar refractivity (Wildman–Crippen MR) is 89.7 cm³/mol. The molecule has 2 aromatic carbocycles. The first-order chi connectivity index (χ1) is 10.4. The van der Waals surface area contributed by atoms with Crippen molar-refractivity contribution in [2.75, 3.05) is 18.0 Å². The van der Waals surface area contributed by atoms with Crippen LogP contribution in [0, 0.1) is 0 Å². The molecule has 1 N–H and O–H groups in total. The SMILES string of the molecule is CCCC1CN(c2ccccc2)C(c2ccccc2)CN1. The van der Waals surface area contributed by atoms with Crippen LogP contribution in [0.3, 0.4) is 0 Å². The summed E-state index contributed by atoms with van der Waals surface area (Å²) in [4.78, 5) is 2.56. The van der Waals surface area contributed by atoms with Gasteiger partial charge in [0.05, 0.1) is 6.04 Å². The first-order valence-corrected chi connectivity index (χ1v) is 7.98. The summed E-state index contributed by atoms with van der Waals surface area (Å²) in [5.74, 6) is 0. The third-order valence-electron chi connectivity index (χ3n) is 4.30. The average molecular weight is 280 g/mol. The van der Waals surface area contributed by atoms with Crippen molar-refractivity contribution < 1.29 is 0 Å². The van der Waals surface area contributed by atoms with Gasteiger partial charge in [0, 0.05) is 24.8 Å². The summed E-state index contributed by atoms with van der Waals surface area (Å²) in [5, 5.41) is 3.73. The van der Waals surface area contributed by atoms with Crippen LogP contribution in [0.4, 0.5) is 5.69 Å². The number of piperazine rings is 1. The minimum absolute atomic E-state index is 0.418. The third kappa shape index (κ3) is 3.27. The van der Waals surface area contributed by atoms with Gasteiger partial charge in [-0.25, -0.2) is 0 Å². The summed E-state index contributed by atoms with van der Waals surface area (Å²) in [5.41, 5.74) is 2.72. The Morgan fingerprint density at radius 2 is 1.67 bits per heavy atom. The molecule has 0 saturated carbocycles. The Labute approximate surface area is 127 Å². The van der Waals surface area contributed by atoms with E-state index in [2.05, 4.69) is 77.8 Å². The molecule has 2 unspecified atom stereocenters. The highest BCUT2D eigenvalue weighted by atomic mass is 15.2. The quantitative estimate of drug-likeness (QED) is 0.910. The van der Waals surface area contributed by atoms with Crippen LogP contribution in [0.2, 0.25) is 0 Å². The van der Waals surface area contributed by atoms with Crippen molar-refractivity contribution in [3.63, 3.8) is 0 Å². The van der Waals surface area contributed by atoms with Crippen LogP contribution in [0.5, 0.6) is 0 Å². The van der Waals surface area contributed by atoms with Gasteiger partial charge in [0.2, 0.25) is 0 Å². The van der Waals surface area contributed by atoms with Crippen molar-refractivity contribution in [2.45, 2.75) is 31.8 Å². The summed E-state index contributed by atoms with van der Waals surface area (Å²) >= 11 is 0. The van der Waals surface area contributed by atoms with Gasteiger partial charge in [0.1, 0.15) is 0 Å². The van der Waals surface area contributed by atoms with Crippen LogP contribution in [0.15, 0.2) is 60.7 Å². The zero-order valence-corrected chi connectivity index (χ0v) is 12.7. The summed E-state index contributed by atoms with van der Waals surface area (Å²) < 4.78 is 0. The summed E-state index contributed by atoms with van der Waals surface area (Å²) in [6.45, 7) is 4.36. The van der Waals surface area contributed by atoms with Gasteiger partial charge in [-0.2, -0.15) is 0 Å². The molecule has 1 fully saturated rings. The Balaban J connectivity index is 1.88. The Bertz CT molecular complexity index is 538. The molecule has 2 atom stereocenters. The molecule has 0 aliphatic carbocycles. The van der Waals surface area contributed by atoms with Crippen LogP contribution in [0.1, 0.15) is 31.4 Å². The second-order valence-electron chi connectivity index (χ2n) is 5.81. The van der Waals surface area contributed by atoms with Crippen molar-refractivity contribution in [3.05, 3.63) is 66.2 Å². The van der Waals surface area contributed by atoms with E-state index in [4.69, 9.17) is 0 Å². The summed E-state index contributed by atoms with van der Waals surface area (Å²) in [6.07, 6.45) is 2.47. The lowest BCUT2D eigenvalue weighted by Gasteiger charge is -2.42. The zero-order chi connectivity index (χ0) is 14.5. The normalized spacial score (nSPS) is 22.2. The number of hydrogen-bond acceptors (Lipinski definition) is 2. The van der Waals surface area contributed by atoms with Crippen LogP contribution in [-0.4, -0.2) is 19.1 Å². The lowest BCUT2D eigenvalue weighted by Crippen LogP contribution is -2.52. The van der Waals surface area contributed by atoms with E-state index in [1.54, 1.807) is 0 Å². The fourth-order valence-electron chi connectivity index (χ4n) is 3.24. The van der Waals surface area contributed by atoms with Gasteiger partial charge in [-0.15, -0.1) is 0 Å². The Morgan fingerprint density at radius 1 is 1.00 bits per heavy atom. The third-order valence-corrected chi connectivity index (χ3v) is 4.30. The molecule has 1 aliphatic rings. The lowest BCUT2D eigenvalue weighted by atomic mass is 9.98. The van der Waals surface area contributed by atoms with Crippen molar-refractivity contribution >= 4 is 5.69 Å². The van der Waals surface area contributed by atoms with Gasteiger partial charge >= 0.3 is 0 Å². The van der Waals surface area contributed by atoms with Crippen LogP contribution < -0.4 is 10.2 Å². The van der Waals surface area contributed by atoms with E-state index >= 15 is 0 Å². The van der Waals surface area contributed by atoms with Crippen molar-refractivity contribution in [3.8, 4) is 0 Å². The van der Waals surface area contributed by atoms with Crippen molar-refractivity contribution in [1.82, 2.24) is 5.32 Å². The largest absolute Gasteiger partial charge is 0.362 e. The molecule has 0 radical (unpaired) electrons. The second-order valence-corrected chi connectivity index (χ2v) is 5.81. The molecule has 0 spiro atoms. The first-order valence-electron chi connectivity index (χ1n) is 7.98. The standard InChI is InChI=1S/C19H24N2/c1-2-9-17-15-21(18-12-7-4-8-13-18)19(14-20-17)16-10-5-3-6-11-16/h3-8,10-13,17,19-20H,2,9,14-15H2,1H3. The molecule has 1 saturated heterocycles. The summed E-state index contributed by atoms with van der Waals surface area (Å²) in [7, 11) is 0. The number of benzene rings is 2. The maximum absolute atomic E-state index is 3.73. The smallest absolute Gasteiger partial charge is 0.0667 e. The van der Waals surface area contributed by atoms with Gasteiger partial charge in [-0.1, -0.05) is 61.9 Å². The van der Waals surface area contributed by atoms with Crippen LogP contribution in [0.25, 0.3) is 0 Å². The summed E-state index contributed by atoms with van der Waals surface area (Å²) in [6, 6.07) is 22.7. The van der Waals surface area contributed by atoms with E-state index in [-0.39, 0.29) is 0 Å². The minimum atomic E-state index is 0.418. The molecule has 0 amide bonds. The van der Waals surface area contributed by atoms with E-state index in [9.17, 15) is 0 Å². The first kappa shape index (κ1) is 14.2. The number of rotatable bonds is 4. The second kappa shape index (κ2) is 6.77. The highest BCUT2D eigenvalue weighted by Crippen LogP contribution is 2.29. The number of anilines is 1. The van der Waals surface area contributed by atoms with Gasteiger partial charge in [0.15, 0.2) is 0 Å². The molecule has 1 aliphatic heterocycles. The van der Waals surface area contributed by atoms with E-state index in [0.717, 1.165) is 13.1 Å². The van der Waals surface area contributed by atoms with Gasteiger partial charge < -0.3 is 10.2 Å². The zero-order valence-electron chi connectivity index (χ0n) is 12.7. The van der Waals surface area contributed by atoms with E-state index in [1.807, 2.05) is 0 Å². The molecule has 1 heterocycles. The average Bonchev–Trinajstić information content (AvgIpc) is 2.57. The van der Waals surface area contributed by atoms with Gasteiger partial charge in [0.25, 0.3) is 0 Å². The fourth-order valence-corrected chi connectivity index (χ4v) is 3.24. The molecule has 2 heteroatoms. The maximum Gasteiger partial charge on any atom is 0.0667 e. The molecule has 0 bridgehead atoms. The number of nitrogens with one attached hydrogen (secondary N) is 1. The maximum atomic E-state index is 3.73. The molecule has 21 heavy (non-hydrogen) atoms.